The van der Waals surface area contributed by atoms with Crippen molar-refractivity contribution in [1.29, 1.82) is 0 Å². The van der Waals surface area contributed by atoms with Crippen molar-refractivity contribution in [1.82, 2.24) is 15.1 Å². The number of methoxy groups -OCH3 is 1. The zero-order valence-electron chi connectivity index (χ0n) is 11.0. The van der Waals surface area contributed by atoms with Gasteiger partial charge in [-0.05, 0) is 12.1 Å². The van der Waals surface area contributed by atoms with Crippen LogP contribution in [0.1, 0.15) is 15.3 Å². The summed E-state index contributed by atoms with van der Waals surface area (Å²) in [5.74, 6) is -0.197. The van der Waals surface area contributed by atoms with E-state index in [4.69, 9.17) is 0 Å². The fourth-order valence-corrected chi connectivity index (χ4v) is 2.69. The van der Waals surface area contributed by atoms with E-state index < -0.39 is 0 Å². The van der Waals surface area contributed by atoms with Gasteiger partial charge in [0.15, 0.2) is 0 Å². The van der Waals surface area contributed by atoms with Crippen molar-refractivity contribution in [3.8, 4) is 0 Å². The van der Waals surface area contributed by atoms with Gasteiger partial charge in [0.25, 0.3) is 0 Å². The number of thiophene rings is 1. The number of carbonyl (C=O) groups is 1. The molecule has 19 heavy (non-hydrogen) atoms. The summed E-state index contributed by atoms with van der Waals surface area (Å²) >= 11 is 1.63. The number of hydrogen-bond donors (Lipinski definition) is 1. The van der Waals surface area contributed by atoms with Crippen molar-refractivity contribution in [2.24, 2.45) is 7.05 Å². The summed E-state index contributed by atoms with van der Waals surface area (Å²) < 4.78 is 6.44. The smallest absolute Gasteiger partial charge is 0.310 e. The van der Waals surface area contributed by atoms with Gasteiger partial charge in [-0.3, -0.25) is 9.48 Å². The monoisotopic (exact) mass is 279 g/mol. The van der Waals surface area contributed by atoms with E-state index >= 15 is 0 Å². The summed E-state index contributed by atoms with van der Waals surface area (Å²) in [7, 11) is 3.31. The third kappa shape index (κ3) is 4.18. The fourth-order valence-electron chi connectivity index (χ4n) is 1.72. The van der Waals surface area contributed by atoms with E-state index in [9.17, 15) is 4.79 Å². The Morgan fingerprint density at radius 1 is 1.42 bits per heavy atom. The van der Waals surface area contributed by atoms with Crippen LogP contribution in [0.25, 0.3) is 0 Å². The van der Waals surface area contributed by atoms with Crippen molar-refractivity contribution < 1.29 is 9.53 Å². The number of nitrogens with zero attached hydrogens (tertiary/aromatic N) is 2. The summed E-state index contributed by atoms with van der Waals surface area (Å²) in [5, 5.41) is 7.47. The van der Waals surface area contributed by atoms with E-state index in [1.54, 1.807) is 16.0 Å². The van der Waals surface area contributed by atoms with Crippen molar-refractivity contribution in [3.05, 3.63) is 39.8 Å². The van der Waals surface area contributed by atoms with Crippen LogP contribution in [0.4, 0.5) is 0 Å². The Morgan fingerprint density at radius 3 is 2.89 bits per heavy atom. The standard InChI is InChI=1S/C13H17N3O2S/c1-16-9-10(7-15-16)6-14-8-12-4-3-11(19-12)5-13(17)18-2/h3-4,7,9,14H,5-6,8H2,1-2H3. The minimum absolute atomic E-state index is 0.197. The van der Waals surface area contributed by atoms with E-state index in [2.05, 4.69) is 15.2 Å². The molecule has 0 bridgehead atoms. The van der Waals surface area contributed by atoms with Gasteiger partial charge in [-0.1, -0.05) is 0 Å². The summed E-state index contributed by atoms with van der Waals surface area (Å²) in [6.45, 7) is 1.58. The van der Waals surface area contributed by atoms with Crippen LogP contribution < -0.4 is 5.32 Å². The summed E-state index contributed by atoms with van der Waals surface area (Å²) in [6, 6.07) is 4.02. The molecular weight excluding hydrogens is 262 g/mol. The normalized spacial score (nSPS) is 10.6. The molecule has 0 fully saturated rings. The molecule has 2 heterocycles. The lowest BCUT2D eigenvalue weighted by molar-refractivity contribution is -0.139. The lowest BCUT2D eigenvalue weighted by Gasteiger charge is -2.00. The van der Waals surface area contributed by atoms with E-state index in [1.807, 2.05) is 31.6 Å². The highest BCUT2D eigenvalue weighted by Crippen LogP contribution is 2.17. The zero-order valence-corrected chi connectivity index (χ0v) is 11.9. The van der Waals surface area contributed by atoms with Crippen LogP contribution in [0.2, 0.25) is 0 Å². The van der Waals surface area contributed by atoms with Gasteiger partial charge in [-0.25, -0.2) is 0 Å². The predicted octanol–water partition coefficient (Wildman–Crippen LogP) is 1.49. The molecule has 0 radical (unpaired) electrons. The first-order valence-electron chi connectivity index (χ1n) is 6.00. The first-order valence-corrected chi connectivity index (χ1v) is 6.81. The second kappa shape index (κ2) is 6.49. The molecule has 2 aromatic rings. The number of carbonyl (C=O) groups excluding carboxylic acids is 1. The van der Waals surface area contributed by atoms with E-state index in [0.717, 1.165) is 23.5 Å². The maximum absolute atomic E-state index is 11.2. The highest BCUT2D eigenvalue weighted by Gasteiger charge is 2.06. The molecule has 0 atom stereocenters. The van der Waals surface area contributed by atoms with Gasteiger partial charge in [0, 0.05) is 41.7 Å². The molecule has 2 rings (SSSR count). The largest absolute Gasteiger partial charge is 0.469 e. The molecule has 0 spiro atoms. The van der Waals surface area contributed by atoms with Gasteiger partial charge in [0.2, 0.25) is 0 Å². The SMILES string of the molecule is COC(=O)Cc1ccc(CNCc2cnn(C)c2)s1. The molecule has 0 aliphatic heterocycles. The minimum atomic E-state index is -0.197. The zero-order chi connectivity index (χ0) is 13.7. The number of ether oxygens (including phenoxy) is 1. The van der Waals surface area contributed by atoms with Gasteiger partial charge >= 0.3 is 5.97 Å². The molecule has 102 valence electrons. The van der Waals surface area contributed by atoms with Gasteiger partial charge in [-0.2, -0.15) is 5.10 Å². The number of aromatic nitrogens is 2. The van der Waals surface area contributed by atoms with Crippen LogP contribution in [-0.4, -0.2) is 22.9 Å². The van der Waals surface area contributed by atoms with Gasteiger partial charge in [-0.15, -0.1) is 11.3 Å². The maximum Gasteiger partial charge on any atom is 0.310 e. The lowest BCUT2D eigenvalue weighted by Crippen LogP contribution is -2.11. The Bertz CT molecular complexity index is 548. The summed E-state index contributed by atoms with van der Waals surface area (Å²) in [6.07, 6.45) is 4.19. The van der Waals surface area contributed by atoms with Crippen LogP contribution in [0.5, 0.6) is 0 Å². The van der Waals surface area contributed by atoms with Crippen LogP contribution in [0.15, 0.2) is 24.5 Å². The number of nitrogens with one attached hydrogen (secondary N) is 1. The molecule has 0 aromatic carbocycles. The molecule has 6 heteroatoms. The molecule has 1 N–H and O–H groups in total. The average Bonchev–Trinajstić information content (AvgIpc) is 2.99. The third-order valence-electron chi connectivity index (χ3n) is 2.65. The average molecular weight is 279 g/mol. The number of hydrogen-bond acceptors (Lipinski definition) is 5. The number of aryl methyl sites for hydroxylation is 1. The Morgan fingerprint density at radius 2 is 2.21 bits per heavy atom. The van der Waals surface area contributed by atoms with Crippen molar-refractivity contribution in [3.63, 3.8) is 0 Å². The van der Waals surface area contributed by atoms with Crippen molar-refractivity contribution in [2.75, 3.05) is 7.11 Å². The Kier molecular flexibility index (Phi) is 4.70. The van der Waals surface area contributed by atoms with Crippen LogP contribution in [-0.2, 0) is 36.1 Å². The van der Waals surface area contributed by atoms with Crippen LogP contribution in [0.3, 0.4) is 0 Å². The number of rotatable bonds is 6. The maximum atomic E-state index is 11.2. The first kappa shape index (κ1) is 13.8. The van der Waals surface area contributed by atoms with Crippen molar-refractivity contribution in [2.45, 2.75) is 19.5 Å². The lowest BCUT2D eigenvalue weighted by atomic mass is 10.3. The molecule has 2 aromatic heterocycles. The fraction of sp³-hybridized carbons (Fsp3) is 0.385. The molecule has 0 aliphatic rings. The minimum Gasteiger partial charge on any atom is -0.469 e. The third-order valence-corrected chi connectivity index (χ3v) is 3.74. The highest BCUT2D eigenvalue weighted by atomic mass is 32.1. The molecule has 0 aliphatic carbocycles. The second-order valence-electron chi connectivity index (χ2n) is 4.25. The first-order chi connectivity index (χ1) is 9.17. The highest BCUT2D eigenvalue weighted by molar-refractivity contribution is 7.12. The Balaban J connectivity index is 1.78. The molecule has 0 unspecified atom stereocenters. The molecule has 0 amide bonds. The quantitative estimate of drug-likeness (QED) is 0.814. The predicted molar refractivity (Wildman–Crippen MR) is 73.8 cm³/mol. The Labute approximate surface area is 116 Å². The molecule has 0 saturated heterocycles. The second-order valence-corrected chi connectivity index (χ2v) is 5.50. The molecule has 0 saturated carbocycles. The van der Waals surface area contributed by atoms with Gasteiger partial charge in [0.05, 0.1) is 19.7 Å². The van der Waals surface area contributed by atoms with E-state index in [1.165, 1.54) is 12.0 Å². The van der Waals surface area contributed by atoms with E-state index in [-0.39, 0.29) is 5.97 Å². The molecule has 5 nitrogen and oxygen atoms in total. The van der Waals surface area contributed by atoms with Gasteiger partial charge in [0.1, 0.15) is 0 Å². The van der Waals surface area contributed by atoms with Gasteiger partial charge < -0.3 is 10.1 Å². The number of esters is 1. The van der Waals surface area contributed by atoms with Crippen LogP contribution >= 0.6 is 11.3 Å². The van der Waals surface area contributed by atoms with E-state index in [0.29, 0.717) is 6.42 Å². The topological polar surface area (TPSA) is 56.1 Å². The van der Waals surface area contributed by atoms with Crippen molar-refractivity contribution >= 4 is 17.3 Å². The summed E-state index contributed by atoms with van der Waals surface area (Å²) in [4.78, 5) is 13.4. The Hall–Kier alpha value is -1.66. The molecular formula is C13H17N3O2S. The summed E-state index contributed by atoms with van der Waals surface area (Å²) in [5.41, 5.74) is 1.16. The van der Waals surface area contributed by atoms with Crippen LogP contribution in [0, 0.1) is 0 Å².